The van der Waals surface area contributed by atoms with Gasteiger partial charge in [-0.05, 0) is 12.8 Å². The number of hydrogen-bond acceptors (Lipinski definition) is 5. The van der Waals surface area contributed by atoms with Crippen molar-refractivity contribution in [1.29, 1.82) is 5.26 Å². The fraction of sp³-hybridized carbons (Fsp3) is 0.846. The molecule has 19 heavy (non-hydrogen) atoms. The normalized spacial score (nSPS) is 17.1. The molecule has 0 bridgehead atoms. The molecule has 0 aromatic carbocycles. The van der Waals surface area contributed by atoms with Crippen LogP contribution < -0.4 is 0 Å². The molecule has 1 amide bonds. The summed E-state index contributed by atoms with van der Waals surface area (Å²) in [5, 5.41) is 17.2. The molecule has 1 saturated heterocycles. The number of likely N-dealkylation sites (tertiary alicyclic amines) is 1. The maximum Gasteiger partial charge on any atom is 0.236 e. The minimum atomic E-state index is 0.0579. The van der Waals surface area contributed by atoms with Gasteiger partial charge in [0.25, 0.3) is 0 Å². The van der Waals surface area contributed by atoms with Crippen LogP contribution in [0, 0.1) is 11.3 Å². The zero-order valence-electron chi connectivity index (χ0n) is 11.5. The van der Waals surface area contributed by atoms with Crippen molar-refractivity contribution in [3.63, 3.8) is 0 Å². The van der Waals surface area contributed by atoms with Crippen molar-refractivity contribution in [2.24, 2.45) is 0 Å². The minimum Gasteiger partial charge on any atom is -0.394 e. The molecule has 0 radical (unpaired) electrons. The van der Waals surface area contributed by atoms with Crippen molar-refractivity contribution in [2.75, 3.05) is 46.4 Å². The van der Waals surface area contributed by atoms with E-state index in [1.807, 2.05) is 6.07 Å². The molecule has 0 atom stereocenters. The van der Waals surface area contributed by atoms with E-state index in [2.05, 4.69) is 4.90 Å². The second-order valence-electron chi connectivity index (χ2n) is 4.79. The van der Waals surface area contributed by atoms with Crippen LogP contribution in [0.25, 0.3) is 0 Å². The molecule has 1 fully saturated rings. The van der Waals surface area contributed by atoms with E-state index in [4.69, 9.17) is 15.1 Å². The lowest BCUT2D eigenvalue weighted by atomic mass is 10.1. The average molecular weight is 269 g/mol. The van der Waals surface area contributed by atoms with Crippen LogP contribution in [0.1, 0.15) is 19.3 Å². The number of rotatable bonds is 7. The summed E-state index contributed by atoms with van der Waals surface area (Å²) < 4.78 is 5.48. The molecule has 1 aliphatic heterocycles. The molecule has 6 nitrogen and oxygen atoms in total. The molecular weight excluding hydrogens is 246 g/mol. The highest BCUT2D eigenvalue weighted by Crippen LogP contribution is 2.13. The Balaban J connectivity index is 2.21. The molecule has 0 aliphatic carbocycles. The molecule has 1 N–H and O–H groups in total. The van der Waals surface area contributed by atoms with Gasteiger partial charge in [-0.3, -0.25) is 9.69 Å². The van der Waals surface area contributed by atoms with Gasteiger partial charge in [0.15, 0.2) is 0 Å². The number of carbonyl (C=O) groups excluding carboxylic acids is 1. The lowest BCUT2D eigenvalue weighted by Crippen LogP contribution is -2.43. The summed E-state index contributed by atoms with van der Waals surface area (Å²) in [6, 6.07) is 2.04. The Labute approximate surface area is 114 Å². The van der Waals surface area contributed by atoms with Gasteiger partial charge in [0.1, 0.15) is 0 Å². The number of nitriles is 1. The Morgan fingerprint density at radius 2 is 2.21 bits per heavy atom. The second kappa shape index (κ2) is 8.86. The van der Waals surface area contributed by atoms with Crippen LogP contribution >= 0.6 is 0 Å². The third-order valence-corrected chi connectivity index (χ3v) is 3.32. The van der Waals surface area contributed by atoms with Crippen LogP contribution in [0.15, 0.2) is 0 Å². The van der Waals surface area contributed by atoms with Crippen molar-refractivity contribution in [1.82, 2.24) is 9.80 Å². The molecule has 0 spiro atoms. The predicted molar refractivity (Wildman–Crippen MR) is 70.4 cm³/mol. The molecular formula is C13H23N3O3. The highest BCUT2D eigenvalue weighted by atomic mass is 16.5. The Kier molecular flexibility index (Phi) is 7.41. The number of ether oxygens (including phenoxy) is 1. The maximum atomic E-state index is 11.9. The lowest BCUT2D eigenvalue weighted by molar-refractivity contribution is -0.131. The second-order valence-corrected chi connectivity index (χ2v) is 4.79. The third-order valence-electron chi connectivity index (χ3n) is 3.32. The Morgan fingerprint density at radius 3 is 2.79 bits per heavy atom. The van der Waals surface area contributed by atoms with Crippen molar-refractivity contribution >= 4 is 5.91 Å². The maximum absolute atomic E-state index is 11.9. The van der Waals surface area contributed by atoms with Crippen LogP contribution in [-0.4, -0.2) is 73.4 Å². The molecule has 6 heteroatoms. The smallest absolute Gasteiger partial charge is 0.236 e. The molecule has 0 aromatic heterocycles. The summed E-state index contributed by atoms with van der Waals surface area (Å²) in [5.74, 6) is 0.0602. The Morgan fingerprint density at radius 1 is 1.53 bits per heavy atom. The van der Waals surface area contributed by atoms with Gasteiger partial charge in [0.2, 0.25) is 5.91 Å². The number of aliphatic hydroxyl groups excluding tert-OH is 1. The van der Waals surface area contributed by atoms with Gasteiger partial charge >= 0.3 is 0 Å². The van der Waals surface area contributed by atoms with Gasteiger partial charge in [-0.15, -0.1) is 0 Å². The van der Waals surface area contributed by atoms with Gasteiger partial charge in [0, 0.05) is 26.7 Å². The first-order valence-electron chi connectivity index (χ1n) is 6.73. The summed E-state index contributed by atoms with van der Waals surface area (Å²) in [6.07, 6.45) is 2.37. The topological polar surface area (TPSA) is 76.8 Å². The molecule has 0 saturated carbocycles. The first kappa shape index (κ1) is 15.9. The summed E-state index contributed by atoms with van der Waals surface area (Å²) in [4.78, 5) is 15.6. The number of carbonyl (C=O) groups is 1. The van der Waals surface area contributed by atoms with Gasteiger partial charge in [-0.1, -0.05) is 0 Å². The number of aliphatic hydroxyl groups is 1. The number of amides is 1. The van der Waals surface area contributed by atoms with E-state index in [0.29, 0.717) is 26.1 Å². The summed E-state index contributed by atoms with van der Waals surface area (Å²) >= 11 is 0. The SMILES string of the molecule is CN(CCC#N)C(=O)CN1CCC(OCCO)CC1. The Bertz CT molecular complexity index is 309. The lowest BCUT2D eigenvalue weighted by Gasteiger charge is -2.32. The van der Waals surface area contributed by atoms with Gasteiger partial charge in [-0.2, -0.15) is 5.26 Å². The van der Waals surface area contributed by atoms with E-state index >= 15 is 0 Å². The third kappa shape index (κ3) is 6.01. The van der Waals surface area contributed by atoms with Crippen LogP contribution in [0.2, 0.25) is 0 Å². The zero-order chi connectivity index (χ0) is 14.1. The van der Waals surface area contributed by atoms with Crippen molar-refractivity contribution < 1.29 is 14.6 Å². The molecule has 1 aliphatic rings. The molecule has 0 aromatic rings. The van der Waals surface area contributed by atoms with Gasteiger partial charge in [-0.25, -0.2) is 0 Å². The van der Waals surface area contributed by atoms with E-state index in [1.165, 1.54) is 0 Å². The van der Waals surface area contributed by atoms with E-state index < -0.39 is 0 Å². The van der Waals surface area contributed by atoms with Crippen LogP contribution in [-0.2, 0) is 9.53 Å². The molecule has 1 heterocycles. The predicted octanol–water partition coefficient (Wildman–Crippen LogP) is -0.168. The molecule has 0 unspecified atom stereocenters. The van der Waals surface area contributed by atoms with Crippen molar-refractivity contribution in [3.8, 4) is 6.07 Å². The van der Waals surface area contributed by atoms with Gasteiger partial charge in [0.05, 0.1) is 38.4 Å². The standard InChI is InChI=1S/C13H23N3O3/c1-15(6-2-5-14)13(18)11-16-7-3-12(4-8-16)19-10-9-17/h12,17H,2-4,6-11H2,1H3. The number of piperidine rings is 1. The van der Waals surface area contributed by atoms with Crippen LogP contribution in [0.4, 0.5) is 0 Å². The summed E-state index contributed by atoms with van der Waals surface area (Å²) in [6.45, 7) is 3.03. The average Bonchev–Trinajstić information content (AvgIpc) is 2.43. The number of hydrogen-bond donors (Lipinski definition) is 1. The van der Waals surface area contributed by atoms with Gasteiger partial charge < -0.3 is 14.7 Å². The van der Waals surface area contributed by atoms with E-state index in [9.17, 15) is 4.79 Å². The number of nitrogens with zero attached hydrogens (tertiary/aromatic N) is 3. The monoisotopic (exact) mass is 269 g/mol. The van der Waals surface area contributed by atoms with E-state index in [1.54, 1.807) is 11.9 Å². The fourth-order valence-electron chi connectivity index (χ4n) is 2.11. The minimum absolute atomic E-state index is 0.0579. The summed E-state index contributed by atoms with van der Waals surface area (Å²) in [5.41, 5.74) is 0. The van der Waals surface area contributed by atoms with Crippen LogP contribution in [0.5, 0.6) is 0 Å². The highest BCUT2D eigenvalue weighted by Gasteiger charge is 2.22. The van der Waals surface area contributed by atoms with E-state index in [0.717, 1.165) is 25.9 Å². The van der Waals surface area contributed by atoms with Crippen LogP contribution in [0.3, 0.4) is 0 Å². The largest absolute Gasteiger partial charge is 0.394 e. The quantitative estimate of drug-likeness (QED) is 0.694. The first-order chi connectivity index (χ1) is 9.17. The van der Waals surface area contributed by atoms with Crippen molar-refractivity contribution in [3.05, 3.63) is 0 Å². The fourth-order valence-corrected chi connectivity index (χ4v) is 2.11. The zero-order valence-corrected chi connectivity index (χ0v) is 11.5. The number of likely N-dealkylation sites (N-methyl/N-ethyl adjacent to an activating group) is 1. The van der Waals surface area contributed by atoms with Crippen molar-refractivity contribution in [2.45, 2.75) is 25.4 Å². The summed E-state index contributed by atoms with van der Waals surface area (Å²) in [7, 11) is 1.73. The molecule has 108 valence electrons. The van der Waals surface area contributed by atoms with E-state index in [-0.39, 0.29) is 18.6 Å². The Hall–Kier alpha value is -1.16. The first-order valence-corrected chi connectivity index (χ1v) is 6.73. The highest BCUT2D eigenvalue weighted by molar-refractivity contribution is 5.78. The molecule has 1 rings (SSSR count).